The Morgan fingerprint density at radius 3 is 2.71 bits per heavy atom. The van der Waals surface area contributed by atoms with E-state index in [1.54, 1.807) is 6.20 Å². The van der Waals surface area contributed by atoms with E-state index >= 15 is 0 Å². The Kier molecular flexibility index (Phi) is 5.22. The Bertz CT molecular complexity index is 363. The summed E-state index contributed by atoms with van der Waals surface area (Å²) >= 11 is 0. The van der Waals surface area contributed by atoms with Gasteiger partial charge in [-0.05, 0) is 30.9 Å². The Hall–Kier alpha value is -1.29. The molecule has 0 saturated heterocycles. The number of hydrogen-bond acceptors (Lipinski definition) is 3. The predicted octanol–water partition coefficient (Wildman–Crippen LogP) is 2.67. The van der Waals surface area contributed by atoms with Crippen molar-refractivity contribution in [3.8, 4) is 0 Å². The molecular formula is C12H18ClN3O. The Morgan fingerprint density at radius 2 is 2.24 bits per heavy atom. The van der Waals surface area contributed by atoms with Crippen molar-refractivity contribution < 1.29 is 4.79 Å². The van der Waals surface area contributed by atoms with Gasteiger partial charge < -0.3 is 10.6 Å². The maximum atomic E-state index is 11.6. The van der Waals surface area contributed by atoms with Crippen LogP contribution < -0.4 is 10.6 Å². The number of aromatic nitrogens is 1. The summed E-state index contributed by atoms with van der Waals surface area (Å²) in [5.41, 5.74) is 0.767. The number of carbonyl (C=O) groups excluding carboxylic acids is 1. The molecule has 1 amide bonds. The molecule has 0 radical (unpaired) electrons. The highest BCUT2D eigenvalue weighted by atomic mass is 35.5. The number of pyridine rings is 1. The van der Waals surface area contributed by atoms with Crippen molar-refractivity contribution in [2.24, 2.45) is 5.92 Å². The second-order valence-corrected chi connectivity index (χ2v) is 4.23. The smallest absolute Gasteiger partial charge is 0.224 e. The fraction of sp³-hybridized carbons (Fsp3) is 0.500. The Labute approximate surface area is 108 Å². The van der Waals surface area contributed by atoms with Crippen molar-refractivity contribution in [3.05, 3.63) is 18.3 Å². The molecule has 0 bridgehead atoms. The summed E-state index contributed by atoms with van der Waals surface area (Å²) in [6.07, 6.45) is 5.99. The Morgan fingerprint density at radius 1 is 1.47 bits per heavy atom. The number of nitrogens with one attached hydrogen (secondary N) is 2. The van der Waals surface area contributed by atoms with Crippen LogP contribution in [0.2, 0.25) is 0 Å². The molecule has 5 heteroatoms. The lowest BCUT2D eigenvalue weighted by molar-refractivity contribution is -0.117. The zero-order valence-corrected chi connectivity index (χ0v) is 10.7. The van der Waals surface area contributed by atoms with Gasteiger partial charge >= 0.3 is 0 Å². The van der Waals surface area contributed by atoms with Crippen molar-refractivity contribution in [1.29, 1.82) is 0 Å². The second kappa shape index (κ2) is 6.45. The van der Waals surface area contributed by atoms with E-state index in [0.29, 0.717) is 12.3 Å². The van der Waals surface area contributed by atoms with Crippen LogP contribution in [0.1, 0.15) is 25.7 Å². The van der Waals surface area contributed by atoms with Gasteiger partial charge in [-0.3, -0.25) is 4.79 Å². The molecular weight excluding hydrogens is 238 g/mol. The van der Waals surface area contributed by atoms with Crippen molar-refractivity contribution >= 4 is 29.8 Å². The molecule has 0 unspecified atom stereocenters. The van der Waals surface area contributed by atoms with Crippen LogP contribution in [0.15, 0.2) is 18.3 Å². The van der Waals surface area contributed by atoms with Crippen LogP contribution in [0, 0.1) is 5.92 Å². The summed E-state index contributed by atoms with van der Waals surface area (Å²) in [7, 11) is 1.82. The summed E-state index contributed by atoms with van der Waals surface area (Å²) < 4.78 is 0. The summed E-state index contributed by atoms with van der Waals surface area (Å²) in [5, 5.41) is 5.80. The van der Waals surface area contributed by atoms with Crippen LogP contribution in [-0.2, 0) is 4.79 Å². The SMILES string of the molecule is CNc1ccc(NC(=O)CC2CCC2)cn1.Cl. The maximum absolute atomic E-state index is 11.6. The second-order valence-electron chi connectivity index (χ2n) is 4.23. The van der Waals surface area contributed by atoms with Gasteiger partial charge in [0, 0.05) is 13.5 Å². The fourth-order valence-corrected chi connectivity index (χ4v) is 1.79. The van der Waals surface area contributed by atoms with E-state index in [0.717, 1.165) is 11.5 Å². The lowest BCUT2D eigenvalue weighted by Gasteiger charge is -2.24. The van der Waals surface area contributed by atoms with Crippen molar-refractivity contribution in [3.63, 3.8) is 0 Å². The van der Waals surface area contributed by atoms with Crippen LogP contribution in [-0.4, -0.2) is 17.9 Å². The zero-order valence-electron chi connectivity index (χ0n) is 9.90. The van der Waals surface area contributed by atoms with Crippen LogP contribution >= 0.6 is 12.4 Å². The number of halogens is 1. The van der Waals surface area contributed by atoms with Gasteiger partial charge in [-0.25, -0.2) is 4.98 Å². The molecule has 0 aliphatic heterocycles. The van der Waals surface area contributed by atoms with Crippen molar-refractivity contribution in [1.82, 2.24) is 4.98 Å². The number of hydrogen-bond donors (Lipinski definition) is 2. The summed E-state index contributed by atoms with van der Waals surface area (Å²) in [4.78, 5) is 15.8. The van der Waals surface area contributed by atoms with E-state index in [1.807, 2.05) is 19.2 Å². The quantitative estimate of drug-likeness (QED) is 0.870. The van der Waals surface area contributed by atoms with E-state index < -0.39 is 0 Å². The number of nitrogens with zero attached hydrogens (tertiary/aromatic N) is 1. The average molecular weight is 256 g/mol. The minimum atomic E-state index is 0. The molecule has 1 heterocycles. The number of carbonyl (C=O) groups is 1. The number of anilines is 2. The predicted molar refractivity (Wildman–Crippen MR) is 71.6 cm³/mol. The third-order valence-electron chi connectivity index (χ3n) is 3.00. The summed E-state index contributed by atoms with van der Waals surface area (Å²) in [5.74, 6) is 1.50. The van der Waals surface area contributed by atoms with E-state index in [2.05, 4.69) is 15.6 Å². The number of amides is 1. The molecule has 0 atom stereocenters. The topological polar surface area (TPSA) is 54.0 Å². The third-order valence-corrected chi connectivity index (χ3v) is 3.00. The van der Waals surface area contributed by atoms with E-state index in [1.165, 1.54) is 19.3 Å². The molecule has 0 aromatic carbocycles. The molecule has 1 aromatic rings. The van der Waals surface area contributed by atoms with Gasteiger partial charge in [0.05, 0.1) is 11.9 Å². The first-order chi connectivity index (χ1) is 7.78. The van der Waals surface area contributed by atoms with E-state index in [-0.39, 0.29) is 18.3 Å². The van der Waals surface area contributed by atoms with E-state index in [4.69, 9.17) is 0 Å². The first-order valence-electron chi connectivity index (χ1n) is 5.71. The molecule has 1 aliphatic rings. The van der Waals surface area contributed by atoms with Gasteiger partial charge in [0.15, 0.2) is 0 Å². The molecule has 17 heavy (non-hydrogen) atoms. The zero-order chi connectivity index (χ0) is 11.4. The van der Waals surface area contributed by atoms with Gasteiger partial charge in [-0.15, -0.1) is 12.4 Å². The third kappa shape index (κ3) is 3.89. The van der Waals surface area contributed by atoms with Crippen molar-refractivity contribution in [2.75, 3.05) is 17.7 Å². The van der Waals surface area contributed by atoms with Crippen LogP contribution in [0.3, 0.4) is 0 Å². The molecule has 1 fully saturated rings. The largest absolute Gasteiger partial charge is 0.373 e. The Balaban J connectivity index is 0.00000144. The first-order valence-corrected chi connectivity index (χ1v) is 5.71. The minimum absolute atomic E-state index is 0. The normalized spacial score (nSPS) is 14.4. The highest BCUT2D eigenvalue weighted by Crippen LogP contribution is 2.29. The maximum Gasteiger partial charge on any atom is 0.224 e. The molecule has 1 saturated carbocycles. The summed E-state index contributed by atoms with van der Waals surface area (Å²) in [6.45, 7) is 0. The van der Waals surface area contributed by atoms with Crippen molar-refractivity contribution in [2.45, 2.75) is 25.7 Å². The molecule has 2 rings (SSSR count). The monoisotopic (exact) mass is 255 g/mol. The molecule has 4 nitrogen and oxygen atoms in total. The van der Waals surface area contributed by atoms with E-state index in [9.17, 15) is 4.79 Å². The minimum Gasteiger partial charge on any atom is -0.373 e. The molecule has 0 spiro atoms. The highest BCUT2D eigenvalue weighted by Gasteiger charge is 2.20. The van der Waals surface area contributed by atoms with Gasteiger partial charge in [0.2, 0.25) is 5.91 Å². The van der Waals surface area contributed by atoms with Gasteiger partial charge in [0.25, 0.3) is 0 Å². The lowest BCUT2D eigenvalue weighted by atomic mass is 9.83. The molecule has 1 aliphatic carbocycles. The van der Waals surface area contributed by atoms with Gasteiger partial charge in [0.1, 0.15) is 5.82 Å². The van der Waals surface area contributed by atoms with Crippen LogP contribution in [0.4, 0.5) is 11.5 Å². The molecule has 1 aromatic heterocycles. The average Bonchev–Trinajstić information content (AvgIpc) is 2.25. The van der Waals surface area contributed by atoms with Crippen LogP contribution in [0.25, 0.3) is 0 Å². The summed E-state index contributed by atoms with van der Waals surface area (Å²) in [6, 6.07) is 3.70. The first kappa shape index (κ1) is 13.8. The highest BCUT2D eigenvalue weighted by molar-refractivity contribution is 5.90. The fourth-order valence-electron chi connectivity index (χ4n) is 1.79. The van der Waals surface area contributed by atoms with Gasteiger partial charge in [-0.1, -0.05) is 6.42 Å². The van der Waals surface area contributed by atoms with Gasteiger partial charge in [-0.2, -0.15) is 0 Å². The molecule has 2 N–H and O–H groups in total. The number of rotatable bonds is 4. The molecule has 94 valence electrons. The lowest BCUT2D eigenvalue weighted by Crippen LogP contribution is -2.20. The van der Waals surface area contributed by atoms with Crippen LogP contribution in [0.5, 0.6) is 0 Å². The standard InChI is InChI=1S/C12H17N3O.ClH/c1-13-11-6-5-10(8-14-11)15-12(16)7-9-3-2-4-9;/h5-6,8-9H,2-4,7H2,1H3,(H,13,14)(H,15,16);1H.